The number of carbonyl (C=O) groups is 3. The van der Waals surface area contributed by atoms with Crippen LogP contribution >= 0.6 is 0 Å². The number of amides is 2. The van der Waals surface area contributed by atoms with E-state index in [0.29, 0.717) is 23.7 Å². The lowest BCUT2D eigenvalue weighted by atomic mass is 10.1. The predicted octanol–water partition coefficient (Wildman–Crippen LogP) is 2.18. The van der Waals surface area contributed by atoms with Gasteiger partial charge in [-0.05, 0) is 26.0 Å². The van der Waals surface area contributed by atoms with Crippen LogP contribution in [0, 0.1) is 0 Å². The summed E-state index contributed by atoms with van der Waals surface area (Å²) in [4.78, 5) is 36.1. The van der Waals surface area contributed by atoms with E-state index in [1.165, 1.54) is 0 Å². The van der Waals surface area contributed by atoms with Crippen LogP contribution in [0.5, 0.6) is 5.75 Å². The van der Waals surface area contributed by atoms with Crippen molar-refractivity contribution in [2.45, 2.75) is 32.8 Å². The van der Waals surface area contributed by atoms with Gasteiger partial charge in [0.1, 0.15) is 5.75 Å². The van der Waals surface area contributed by atoms with Crippen molar-refractivity contribution < 1.29 is 24.2 Å². The molecule has 1 aromatic carbocycles. The van der Waals surface area contributed by atoms with Crippen molar-refractivity contribution in [3.05, 3.63) is 30.4 Å². The fraction of sp³-hybridized carbons (Fsp3) is 0.353. The zero-order valence-electron chi connectivity index (χ0n) is 13.7. The van der Waals surface area contributed by atoms with E-state index in [4.69, 9.17) is 9.84 Å². The van der Waals surface area contributed by atoms with Crippen LogP contribution in [-0.2, 0) is 14.4 Å². The zero-order chi connectivity index (χ0) is 17.9. The van der Waals surface area contributed by atoms with Crippen molar-refractivity contribution in [1.82, 2.24) is 0 Å². The van der Waals surface area contributed by atoms with E-state index in [0.717, 1.165) is 5.57 Å². The van der Waals surface area contributed by atoms with E-state index in [-0.39, 0.29) is 18.7 Å². The molecule has 0 radical (unpaired) electrons. The van der Waals surface area contributed by atoms with E-state index in [9.17, 15) is 14.4 Å². The fourth-order valence-corrected chi connectivity index (χ4v) is 2.37. The minimum Gasteiger partial charge on any atom is -0.481 e. The van der Waals surface area contributed by atoms with Crippen molar-refractivity contribution >= 4 is 29.2 Å². The van der Waals surface area contributed by atoms with Gasteiger partial charge in [0.2, 0.25) is 5.91 Å². The Kier molecular flexibility index (Phi) is 5.23. The molecule has 24 heavy (non-hydrogen) atoms. The lowest BCUT2D eigenvalue weighted by molar-refractivity contribution is -0.138. The monoisotopic (exact) mass is 332 g/mol. The van der Waals surface area contributed by atoms with Crippen molar-refractivity contribution in [1.29, 1.82) is 0 Å². The van der Waals surface area contributed by atoms with Crippen molar-refractivity contribution in [2.75, 3.05) is 16.8 Å². The Balaban J connectivity index is 2.19. The number of hydrogen-bond acceptors (Lipinski definition) is 4. The minimum atomic E-state index is -1.03. The molecule has 2 rings (SSSR count). The summed E-state index contributed by atoms with van der Waals surface area (Å²) in [6.07, 6.45) is -0.968. The van der Waals surface area contributed by atoms with Gasteiger partial charge in [0.15, 0.2) is 6.10 Å². The van der Waals surface area contributed by atoms with E-state index in [2.05, 4.69) is 11.9 Å². The molecule has 7 nitrogen and oxygen atoms in total. The third kappa shape index (κ3) is 4.13. The predicted molar refractivity (Wildman–Crippen MR) is 89.2 cm³/mol. The molecule has 0 spiro atoms. The van der Waals surface area contributed by atoms with Gasteiger partial charge < -0.3 is 20.1 Å². The molecule has 1 atom stereocenters. The molecule has 2 N–H and O–H groups in total. The first kappa shape index (κ1) is 17.5. The van der Waals surface area contributed by atoms with Crippen LogP contribution in [0.3, 0.4) is 0 Å². The Bertz CT molecular complexity index is 698. The molecule has 7 heteroatoms. The maximum Gasteiger partial charge on any atom is 0.303 e. The quantitative estimate of drug-likeness (QED) is 0.778. The smallest absolute Gasteiger partial charge is 0.303 e. The number of carboxylic acid groups (broad SMARTS) is 1. The lowest BCUT2D eigenvalue weighted by Gasteiger charge is -2.33. The molecule has 1 aromatic rings. The average molecular weight is 332 g/mol. The summed E-state index contributed by atoms with van der Waals surface area (Å²) in [5, 5.41) is 11.2. The first-order chi connectivity index (χ1) is 11.3. The van der Waals surface area contributed by atoms with Gasteiger partial charge in [-0.1, -0.05) is 12.2 Å². The third-order valence-electron chi connectivity index (χ3n) is 3.45. The molecule has 0 saturated heterocycles. The average Bonchev–Trinajstić information content (AvgIpc) is 2.49. The number of carboxylic acids is 1. The van der Waals surface area contributed by atoms with E-state index >= 15 is 0 Å². The summed E-state index contributed by atoms with van der Waals surface area (Å²) < 4.78 is 5.61. The van der Waals surface area contributed by atoms with Gasteiger partial charge >= 0.3 is 5.97 Å². The molecule has 0 saturated carbocycles. The van der Waals surface area contributed by atoms with Crippen LogP contribution in [0.4, 0.5) is 11.4 Å². The highest BCUT2D eigenvalue weighted by atomic mass is 16.5. The number of aliphatic carboxylic acids is 1. The number of carbonyl (C=O) groups excluding carboxylic acids is 2. The Morgan fingerprint density at radius 1 is 1.38 bits per heavy atom. The second-order valence-electron chi connectivity index (χ2n) is 5.77. The van der Waals surface area contributed by atoms with E-state index in [1.54, 1.807) is 30.0 Å². The molecular weight excluding hydrogens is 312 g/mol. The number of nitrogens with zero attached hydrogens (tertiary/aromatic N) is 1. The highest BCUT2D eigenvalue weighted by Gasteiger charge is 2.31. The molecule has 2 amide bonds. The first-order valence-corrected chi connectivity index (χ1v) is 7.56. The number of anilines is 2. The first-order valence-electron chi connectivity index (χ1n) is 7.56. The fourth-order valence-electron chi connectivity index (χ4n) is 2.37. The van der Waals surface area contributed by atoms with Gasteiger partial charge in [0, 0.05) is 24.7 Å². The maximum absolute atomic E-state index is 12.3. The Morgan fingerprint density at radius 3 is 2.71 bits per heavy atom. The second kappa shape index (κ2) is 7.16. The van der Waals surface area contributed by atoms with Gasteiger partial charge in [0.25, 0.3) is 5.91 Å². The SMILES string of the molecule is C=C(C)CN1C(=O)C(C)Oc2cc(NC(=O)CCC(=O)O)ccc21. The van der Waals surface area contributed by atoms with Crippen LogP contribution in [-0.4, -0.2) is 35.5 Å². The third-order valence-corrected chi connectivity index (χ3v) is 3.45. The van der Waals surface area contributed by atoms with E-state index in [1.807, 2.05) is 6.92 Å². The van der Waals surface area contributed by atoms with Crippen LogP contribution < -0.4 is 15.0 Å². The summed E-state index contributed by atoms with van der Waals surface area (Å²) >= 11 is 0. The van der Waals surface area contributed by atoms with Crippen molar-refractivity contribution in [3.8, 4) is 5.75 Å². The number of ether oxygens (including phenoxy) is 1. The Morgan fingerprint density at radius 2 is 2.08 bits per heavy atom. The molecule has 128 valence electrons. The molecule has 1 unspecified atom stereocenters. The van der Waals surface area contributed by atoms with Gasteiger partial charge in [-0.2, -0.15) is 0 Å². The zero-order valence-corrected chi connectivity index (χ0v) is 13.7. The number of nitrogens with one attached hydrogen (secondary N) is 1. The normalized spacial score (nSPS) is 16.2. The maximum atomic E-state index is 12.3. The highest BCUT2D eigenvalue weighted by molar-refractivity contribution is 6.01. The number of benzene rings is 1. The summed E-state index contributed by atoms with van der Waals surface area (Å²) in [5.74, 6) is -1.08. The van der Waals surface area contributed by atoms with Crippen LogP contribution in [0.15, 0.2) is 30.4 Å². The Hall–Kier alpha value is -2.83. The number of rotatable bonds is 6. The molecule has 1 aliphatic rings. The second-order valence-corrected chi connectivity index (χ2v) is 5.77. The molecule has 1 aliphatic heterocycles. The standard InChI is InChI=1S/C17H20N2O5/c1-10(2)9-19-13-5-4-12(18-15(20)6-7-16(21)22)8-14(13)24-11(3)17(19)23/h4-5,8,11H,1,6-7,9H2,2-3H3,(H,18,20)(H,21,22). The molecule has 0 bridgehead atoms. The van der Waals surface area contributed by atoms with Crippen LogP contribution in [0.1, 0.15) is 26.7 Å². The van der Waals surface area contributed by atoms with E-state index < -0.39 is 18.0 Å². The topological polar surface area (TPSA) is 95.9 Å². The van der Waals surface area contributed by atoms with Gasteiger partial charge in [0.05, 0.1) is 12.1 Å². The molecule has 1 heterocycles. The highest BCUT2D eigenvalue weighted by Crippen LogP contribution is 2.36. The summed E-state index contributed by atoms with van der Waals surface area (Å²) in [7, 11) is 0. The molecule has 0 aromatic heterocycles. The van der Waals surface area contributed by atoms with Gasteiger partial charge in [-0.25, -0.2) is 0 Å². The summed E-state index contributed by atoms with van der Waals surface area (Å²) in [6.45, 7) is 7.73. The van der Waals surface area contributed by atoms with Crippen LogP contribution in [0.2, 0.25) is 0 Å². The minimum absolute atomic E-state index is 0.107. The summed E-state index contributed by atoms with van der Waals surface area (Å²) in [6, 6.07) is 4.97. The summed E-state index contributed by atoms with van der Waals surface area (Å²) in [5.41, 5.74) is 1.94. The lowest BCUT2D eigenvalue weighted by Crippen LogP contribution is -2.45. The molecular formula is C17H20N2O5. The molecule has 0 fully saturated rings. The van der Waals surface area contributed by atoms with Gasteiger partial charge in [-0.15, -0.1) is 0 Å². The van der Waals surface area contributed by atoms with Gasteiger partial charge in [-0.3, -0.25) is 14.4 Å². The largest absolute Gasteiger partial charge is 0.481 e. The number of hydrogen-bond donors (Lipinski definition) is 2. The Labute approximate surface area is 139 Å². The van der Waals surface area contributed by atoms with Crippen LogP contribution in [0.25, 0.3) is 0 Å². The van der Waals surface area contributed by atoms with Crippen molar-refractivity contribution in [3.63, 3.8) is 0 Å². The number of fused-ring (bicyclic) bond motifs is 1. The van der Waals surface area contributed by atoms with Crippen molar-refractivity contribution in [2.24, 2.45) is 0 Å². The molecule has 0 aliphatic carbocycles.